The van der Waals surface area contributed by atoms with Gasteiger partial charge in [-0.3, -0.25) is 4.68 Å². The van der Waals surface area contributed by atoms with Crippen LogP contribution < -0.4 is 5.32 Å². The van der Waals surface area contributed by atoms with E-state index in [1.165, 1.54) is 17.7 Å². The second-order valence-corrected chi connectivity index (χ2v) is 6.01. The van der Waals surface area contributed by atoms with Crippen LogP contribution in [0, 0.1) is 18.7 Å². The van der Waals surface area contributed by atoms with Crippen molar-refractivity contribution in [1.29, 1.82) is 0 Å². The summed E-state index contributed by atoms with van der Waals surface area (Å²) in [5.41, 5.74) is 3.35. The fraction of sp³-hybridized carbons (Fsp3) is 0.471. The molecule has 21 heavy (non-hydrogen) atoms. The van der Waals surface area contributed by atoms with Gasteiger partial charge in [-0.15, -0.1) is 0 Å². The Balaban J connectivity index is 2.20. The Morgan fingerprint density at radius 2 is 1.76 bits per heavy atom. The van der Waals surface area contributed by atoms with E-state index in [9.17, 15) is 4.39 Å². The highest BCUT2D eigenvalue weighted by Crippen LogP contribution is 2.26. The summed E-state index contributed by atoms with van der Waals surface area (Å²) in [5.74, 6) is 0.215. The van der Waals surface area contributed by atoms with Crippen molar-refractivity contribution in [1.82, 2.24) is 15.1 Å². The summed E-state index contributed by atoms with van der Waals surface area (Å²) in [7, 11) is 1.93. The third-order valence-corrected chi connectivity index (χ3v) is 3.84. The molecule has 1 aromatic carbocycles. The van der Waals surface area contributed by atoms with Crippen molar-refractivity contribution in [3.05, 3.63) is 53.1 Å². The Bertz CT molecular complexity index is 587. The van der Waals surface area contributed by atoms with Gasteiger partial charge in [-0.2, -0.15) is 5.10 Å². The minimum Gasteiger partial charge on any atom is -0.303 e. The van der Waals surface area contributed by atoms with Crippen LogP contribution in [0.5, 0.6) is 0 Å². The minimum atomic E-state index is -0.197. The van der Waals surface area contributed by atoms with Crippen LogP contribution in [0.2, 0.25) is 0 Å². The topological polar surface area (TPSA) is 29.9 Å². The molecule has 2 unspecified atom stereocenters. The number of nitrogens with one attached hydrogen (secondary N) is 1. The Hall–Kier alpha value is -1.68. The molecule has 2 aromatic rings. The average Bonchev–Trinajstić information content (AvgIpc) is 2.76. The first-order valence-electron chi connectivity index (χ1n) is 7.40. The van der Waals surface area contributed by atoms with Crippen LogP contribution in [0.25, 0.3) is 0 Å². The number of nitrogens with zero attached hydrogens (tertiary/aromatic N) is 2. The van der Waals surface area contributed by atoms with E-state index < -0.39 is 0 Å². The first-order valence-corrected chi connectivity index (χ1v) is 7.40. The zero-order valence-corrected chi connectivity index (χ0v) is 13.4. The van der Waals surface area contributed by atoms with E-state index in [-0.39, 0.29) is 17.9 Å². The summed E-state index contributed by atoms with van der Waals surface area (Å²) in [6.45, 7) is 8.51. The van der Waals surface area contributed by atoms with Gasteiger partial charge in [0.15, 0.2) is 0 Å². The molecule has 0 radical (unpaired) electrons. The molecule has 0 spiro atoms. The molecule has 0 saturated carbocycles. The number of hydrogen-bond acceptors (Lipinski definition) is 2. The lowest BCUT2D eigenvalue weighted by molar-refractivity contribution is 0.373. The van der Waals surface area contributed by atoms with Crippen LogP contribution in [0.3, 0.4) is 0 Å². The maximum Gasteiger partial charge on any atom is 0.123 e. The van der Waals surface area contributed by atoms with Gasteiger partial charge < -0.3 is 5.32 Å². The van der Waals surface area contributed by atoms with E-state index in [2.05, 4.69) is 37.4 Å². The Kier molecular flexibility index (Phi) is 4.78. The monoisotopic (exact) mass is 289 g/mol. The summed E-state index contributed by atoms with van der Waals surface area (Å²) < 4.78 is 14.9. The molecule has 3 nitrogen and oxygen atoms in total. The predicted octanol–water partition coefficient (Wildman–Crippen LogP) is 3.92. The first kappa shape index (κ1) is 15.7. The number of hydrogen-bond donors (Lipinski definition) is 1. The van der Waals surface area contributed by atoms with Gasteiger partial charge >= 0.3 is 0 Å². The molecule has 0 aliphatic carbocycles. The quantitative estimate of drug-likeness (QED) is 0.904. The molecule has 1 heterocycles. The summed E-state index contributed by atoms with van der Waals surface area (Å²) >= 11 is 0. The van der Waals surface area contributed by atoms with Crippen molar-refractivity contribution in [2.75, 3.05) is 0 Å². The number of rotatable bonds is 5. The van der Waals surface area contributed by atoms with Crippen molar-refractivity contribution in [3.63, 3.8) is 0 Å². The lowest BCUT2D eigenvalue weighted by Gasteiger charge is -2.27. The largest absolute Gasteiger partial charge is 0.303 e. The van der Waals surface area contributed by atoms with Crippen LogP contribution in [-0.2, 0) is 7.05 Å². The van der Waals surface area contributed by atoms with Crippen LogP contribution in [-0.4, -0.2) is 9.78 Å². The molecular weight excluding hydrogens is 265 g/mol. The molecule has 0 bridgehead atoms. The maximum atomic E-state index is 13.1. The van der Waals surface area contributed by atoms with Gasteiger partial charge in [-0.05, 0) is 37.5 Å². The smallest absolute Gasteiger partial charge is 0.123 e. The van der Waals surface area contributed by atoms with Crippen LogP contribution in [0.15, 0.2) is 30.5 Å². The highest BCUT2D eigenvalue weighted by atomic mass is 19.1. The predicted molar refractivity (Wildman–Crippen MR) is 83.5 cm³/mol. The second kappa shape index (κ2) is 6.39. The van der Waals surface area contributed by atoms with E-state index in [0.29, 0.717) is 5.92 Å². The number of aryl methyl sites for hydroxylation is 2. The van der Waals surface area contributed by atoms with E-state index >= 15 is 0 Å². The molecule has 0 amide bonds. The molecule has 0 aliphatic heterocycles. The van der Waals surface area contributed by atoms with Crippen LogP contribution in [0.4, 0.5) is 4.39 Å². The molecule has 1 aromatic heterocycles. The van der Waals surface area contributed by atoms with Crippen LogP contribution >= 0.6 is 0 Å². The van der Waals surface area contributed by atoms with E-state index in [1.54, 1.807) is 0 Å². The van der Waals surface area contributed by atoms with Gasteiger partial charge in [0.2, 0.25) is 0 Å². The van der Waals surface area contributed by atoms with E-state index in [4.69, 9.17) is 0 Å². The maximum absolute atomic E-state index is 13.1. The standard InChI is InChI=1S/C17H24FN3/c1-11(2)17(14-6-8-15(18)9-7-14)19-12(3)16-10-21(5)20-13(16)4/h6-12,17,19H,1-5H3. The van der Waals surface area contributed by atoms with Crippen molar-refractivity contribution in [2.24, 2.45) is 13.0 Å². The molecular formula is C17H24FN3. The zero-order chi connectivity index (χ0) is 15.6. The highest BCUT2D eigenvalue weighted by molar-refractivity contribution is 5.23. The van der Waals surface area contributed by atoms with Gasteiger partial charge in [-0.1, -0.05) is 26.0 Å². The highest BCUT2D eigenvalue weighted by Gasteiger charge is 2.20. The second-order valence-electron chi connectivity index (χ2n) is 6.01. The molecule has 0 fully saturated rings. The molecule has 114 valence electrons. The van der Waals surface area contributed by atoms with Crippen LogP contribution in [0.1, 0.15) is 49.7 Å². The molecule has 0 saturated heterocycles. The van der Waals surface area contributed by atoms with Crippen molar-refractivity contribution in [3.8, 4) is 0 Å². The Morgan fingerprint density at radius 3 is 2.24 bits per heavy atom. The Labute approximate surface area is 126 Å². The average molecular weight is 289 g/mol. The molecule has 2 atom stereocenters. The fourth-order valence-corrected chi connectivity index (χ4v) is 2.75. The molecule has 4 heteroatoms. The third kappa shape index (κ3) is 3.70. The van der Waals surface area contributed by atoms with E-state index in [1.807, 2.05) is 30.8 Å². The zero-order valence-electron chi connectivity index (χ0n) is 13.4. The molecule has 1 N–H and O–H groups in total. The fourth-order valence-electron chi connectivity index (χ4n) is 2.75. The lowest BCUT2D eigenvalue weighted by Crippen LogP contribution is -2.28. The van der Waals surface area contributed by atoms with Gasteiger partial charge in [0.05, 0.1) is 5.69 Å². The number of aromatic nitrogens is 2. The van der Waals surface area contributed by atoms with Gasteiger partial charge in [-0.25, -0.2) is 4.39 Å². The lowest BCUT2D eigenvalue weighted by atomic mass is 9.94. The summed E-state index contributed by atoms with van der Waals surface area (Å²) in [6.07, 6.45) is 2.05. The van der Waals surface area contributed by atoms with Gasteiger partial charge in [0.1, 0.15) is 5.82 Å². The molecule has 2 rings (SSSR count). The van der Waals surface area contributed by atoms with Crippen molar-refractivity contribution >= 4 is 0 Å². The third-order valence-electron chi connectivity index (χ3n) is 3.84. The van der Waals surface area contributed by atoms with E-state index in [0.717, 1.165) is 11.3 Å². The van der Waals surface area contributed by atoms with Gasteiger partial charge in [0.25, 0.3) is 0 Å². The Morgan fingerprint density at radius 1 is 1.14 bits per heavy atom. The van der Waals surface area contributed by atoms with Crippen molar-refractivity contribution < 1.29 is 4.39 Å². The number of benzene rings is 1. The number of halogens is 1. The normalized spacial score (nSPS) is 14.4. The summed E-state index contributed by atoms with van der Waals surface area (Å²) in [5, 5.41) is 8.04. The van der Waals surface area contributed by atoms with Gasteiger partial charge in [0, 0.05) is 30.9 Å². The minimum absolute atomic E-state index is 0.181. The van der Waals surface area contributed by atoms with Crippen molar-refractivity contribution in [2.45, 2.75) is 39.8 Å². The SMILES string of the molecule is Cc1nn(C)cc1C(C)NC(c1ccc(F)cc1)C(C)C. The molecule has 0 aliphatic rings. The first-order chi connectivity index (χ1) is 9.88. The summed E-state index contributed by atoms with van der Waals surface area (Å²) in [4.78, 5) is 0. The summed E-state index contributed by atoms with van der Waals surface area (Å²) in [6, 6.07) is 7.13.